The number of hydrogen-bond acceptors (Lipinski definition) is 7. The minimum atomic E-state index is -0.484. The normalized spacial score (nSPS) is 10.9. The molecule has 0 unspecified atom stereocenters. The van der Waals surface area contributed by atoms with Gasteiger partial charge in [-0.25, -0.2) is 14.8 Å². The number of nitrogens with zero attached hydrogens (tertiary/aromatic N) is 5. The highest BCUT2D eigenvalue weighted by atomic mass is 16.5. The molecule has 26 heavy (non-hydrogen) atoms. The number of aromatic nitrogens is 5. The maximum atomic E-state index is 12.2. The van der Waals surface area contributed by atoms with Crippen molar-refractivity contribution in [2.45, 2.75) is 34.2 Å². The second-order valence-electron chi connectivity index (χ2n) is 5.79. The van der Waals surface area contributed by atoms with Crippen molar-refractivity contribution >= 4 is 17.0 Å². The predicted molar refractivity (Wildman–Crippen MR) is 95.3 cm³/mol. The van der Waals surface area contributed by atoms with Crippen molar-refractivity contribution in [1.29, 1.82) is 0 Å². The van der Waals surface area contributed by atoms with E-state index < -0.39 is 5.97 Å². The fraction of sp³-hybridized carbons (Fsp3) is 0.389. The molecule has 0 saturated heterocycles. The molecule has 3 heterocycles. The quantitative estimate of drug-likeness (QED) is 0.627. The third-order valence-electron chi connectivity index (χ3n) is 3.92. The second kappa shape index (κ2) is 7.47. The van der Waals surface area contributed by atoms with Crippen LogP contribution in [0.2, 0.25) is 0 Å². The van der Waals surface area contributed by atoms with Crippen LogP contribution >= 0.6 is 0 Å². The van der Waals surface area contributed by atoms with Crippen LogP contribution in [0.5, 0.6) is 5.88 Å². The molecule has 0 N–H and O–H groups in total. The van der Waals surface area contributed by atoms with Crippen LogP contribution in [0.15, 0.2) is 18.6 Å². The van der Waals surface area contributed by atoms with Crippen molar-refractivity contribution < 1.29 is 14.3 Å². The van der Waals surface area contributed by atoms with Crippen LogP contribution in [0.4, 0.5) is 0 Å². The third kappa shape index (κ3) is 3.35. The Morgan fingerprint density at radius 1 is 1.15 bits per heavy atom. The monoisotopic (exact) mass is 355 g/mol. The summed E-state index contributed by atoms with van der Waals surface area (Å²) < 4.78 is 12.3. The fourth-order valence-electron chi connectivity index (χ4n) is 2.66. The van der Waals surface area contributed by atoms with E-state index in [0.717, 1.165) is 22.3 Å². The summed E-state index contributed by atoms with van der Waals surface area (Å²) in [5, 5.41) is 4.44. The summed E-state index contributed by atoms with van der Waals surface area (Å²) in [6, 6.07) is 1.94. The van der Waals surface area contributed by atoms with Gasteiger partial charge in [-0.1, -0.05) is 0 Å². The van der Waals surface area contributed by atoms with Crippen LogP contribution in [-0.4, -0.2) is 43.9 Å². The molecule has 3 aromatic rings. The fourth-order valence-corrected chi connectivity index (χ4v) is 2.66. The highest BCUT2D eigenvalue weighted by molar-refractivity contribution is 6.00. The van der Waals surface area contributed by atoms with Crippen molar-refractivity contribution in [3.8, 4) is 5.88 Å². The van der Waals surface area contributed by atoms with Crippen molar-refractivity contribution in [2.75, 3.05) is 13.2 Å². The molecule has 0 atom stereocenters. The Morgan fingerprint density at radius 3 is 2.69 bits per heavy atom. The Hall–Kier alpha value is -3.03. The lowest BCUT2D eigenvalue weighted by molar-refractivity contribution is 0.0520. The lowest BCUT2D eigenvalue weighted by Gasteiger charge is -2.10. The first-order chi connectivity index (χ1) is 12.5. The molecule has 0 saturated carbocycles. The topological polar surface area (TPSA) is 92.0 Å². The van der Waals surface area contributed by atoms with Crippen molar-refractivity contribution in [3.63, 3.8) is 0 Å². The van der Waals surface area contributed by atoms with E-state index >= 15 is 0 Å². The summed E-state index contributed by atoms with van der Waals surface area (Å²) in [5.74, 6) is 0.0656. The average Bonchev–Trinajstić information content (AvgIpc) is 2.97. The summed E-state index contributed by atoms with van der Waals surface area (Å²) >= 11 is 0. The van der Waals surface area contributed by atoms with Crippen LogP contribution in [-0.2, 0) is 11.3 Å². The number of esters is 1. The predicted octanol–water partition coefficient (Wildman–Crippen LogP) is 2.46. The molecule has 3 aromatic heterocycles. The maximum Gasteiger partial charge on any atom is 0.361 e. The van der Waals surface area contributed by atoms with Gasteiger partial charge >= 0.3 is 5.97 Å². The first-order valence-corrected chi connectivity index (χ1v) is 8.48. The minimum Gasteiger partial charge on any atom is -0.478 e. The van der Waals surface area contributed by atoms with Crippen LogP contribution in [0.1, 0.15) is 41.2 Å². The molecule has 0 spiro atoms. The molecule has 8 heteroatoms. The Balaban J connectivity index is 2.07. The summed E-state index contributed by atoms with van der Waals surface area (Å²) in [6.45, 7) is 8.69. The minimum absolute atomic E-state index is 0.207. The largest absolute Gasteiger partial charge is 0.478 e. The van der Waals surface area contributed by atoms with E-state index in [0.29, 0.717) is 24.5 Å². The molecule has 0 aliphatic rings. The molecule has 0 bridgehead atoms. The number of pyridine rings is 1. The highest BCUT2D eigenvalue weighted by Gasteiger charge is 2.21. The van der Waals surface area contributed by atoms with Crippen LogP contribution < -0.4 is 4.74 Å². The van der Waals surface area contributed by atoms with Crippen molar-refractivity contribution in [2.24, 2.45) is 0 Å². The second-order valence-corrected chi connectivity index (χ2v) is 5.79. The molecule has 8 nitrogen and oxygen atoms in total. The number of fused-ring (bicyclic) bond motifs is 1. The number of carbonyl (C=O) groups excluding carboxylic acids is 1. The summed E-state index contributed by atoms with van der Waals surface area (Å²) in [4.78, 5) is 25.1. The Kier molecular flexibility index (Phi) is 5.11. The van der Waals surface area contributed by atoms with Gasteiger partial charge < -0.3 is 9.47 Å². The van der Waals surface area contributed by atoms with Gasteiger partial charge in [0.1, 0.15) is 11.8 Å². The SMILES string of the molecule is CCOC(=O)c1nn(Cc2ncnc(OCC)c2C)c2cc(C)cnc12. The molecular formula is C18H21N5O3. The third-order valence-corrected chi connectivity index (χ3v) is 3.92. The van der Waals surface area contributed by atoms with Crippen molar-refractivity contribution in [3.05, 3.63) is 41.1 Å². The van der Waals surface area contributed by atoms with Gasteiger partial charge in [-0.2, -0.15) is 5.10 Å². The standard InChI is InChI=1S/C18H21N5O3/c1-5-25-17-12(4)13(20-10-21-17)9-23-14-7-11(3)8-19-15(14)16(22-23)18(24)26-6-2/h7-8,10H,5-6,9H2,1-4H3. The van der Waals surface area contributed by atoms with Gasteiger partial charge in [0.25, 0.3) is 0 Å². The molecule has 0 aliphatic carbocycles. The Morgan fingerprint density at radius 2 is 1.96 bits per heavy atom. The molecule has 0 fully saturated rings. The molecule has 0 radical (unpaired) electrons. The highest BCUT2D eigenvalue weighted by Crippen LogP contribution is 2.22. The number of aryl methyl sites for hydroxylation is 1. The number of rotatable bonds is 6. The van der Waals surface area contributed by atoms with E-state index in [2.05, 4.69) is 20.1 Å². The molecule has 3 rings (SSSR count). The van der Waals surface area contributed by atoms with Crippen LogP contribution in [0, 0.1) is 13.8 Å². The summed E-state index contributed by atoms with van der Waals surface area (Å²) in [5.41, 5.74) is 4.07. The zero-order valence-electron chi connectivity index (χ0n) is 15.3. The number of carbonyl (C=O) groups is 1. The molecule has 0 aromatic carbocycles. The molecular weight excluding hydrogens is 334 g/mol. The van der Waals surface area contributed by atoms with Gasteiger partial charge in [-0.05, 0) is 39.3 Å². The van der Waals surface area contributed by atoms with E-state index in [9.17, 15) is 4.79 Å². The van der Waals surface area contributed by atoms with Crippen LogP contribution in [0.3, 0.4) is 0 Å². The van der Waals surface area contributed by atoms with Gasteiger partial charge in [0.15, 0.2) is 5.69 Å². The first-order valence-electron chi connectivity index (χ1n) is 8.48. The lowest BCUT2D eigenvalue weighted by Crippen LogP contribution is -2.10. The van der Waals surface area contributed by atoms with E-state index in [1.807, 2.05) is 26.8 Å². The Labute approximate surface area is 151 Å². The van der Waals surface area contributed by atoms with E-state index in [4.69, 9.17) is 9.47 Å². The zero-order valence-corrected chi connectivity index (χ0v) is 15.3. The summed E-state index contributed by atoms with van der Waals surface area (Å²) in [6.07, 6.45) is 3.18. The average molecular weight is 355 g/mol. The van der Waals surface area contributed by atoms with Crippen LogP contribution in [0.25, 0.3) is 11.0 Å². The van der Waals surface area contributed by atoms with E-state index in [1.54, 1.807) is 17.8 Å². The lowest BCUT2D eigenvalue weighted by atomic mass is 10.2. The smallest absolute Gasteiger partial charge is 0.361 e. The number of hydrogen-bond donors (Lipinski definition) is 0. The molecule has 136 valence electrons. The maximum absolute atomic E-state index is 12.2. The Bertz CT molecular complexity index is 951. The summed E-state index contributed by atoms with van der Waals surface area (Å²) in [7, 11) is 0. The van der Waals surface area contributed by atoms with Gasteiger partial charge in [-0.15, -0.1) is 0 Å². The molecule has 0 aliphatic heterocycles. The first kappa shape index (κ1) is 17.8. The van der Waals surface area contributed by atoms with E-state index in [1.165, 1.54) is 6.33 Å². The number of ether oxygens (including phenoxy) is 2. The van der Waals surface area contributed by atoms with E-state index in [-0.39, 0.29) is 12.3 Å². The van der Waals surface area contributed by atoms with Crippen molar-refractivity contribution in [1.82, 2.24) is 24.7 Å². The molecule has 0 amide bonds. The zero-order chi connectivity index (χ0) is 18.7. The van der Waals surface area contributed by atoms with Gasteiger partial charge in [0, 0.05) is 11.8 Å². The van der Waals surface area contributed by atoms with Gasteiger partial charge in [-0.3, -0.25) is 9.67 Å². The van der Waals surface area contributed by atoms with Gasteiger partial charge in [0.05, 0.1) is 31.0 Å². The van der Waals surface area contributed by atoms with Gasteiger partial charge in [0.2, 0.25) is 5.88 Å².